The molecule has 1 aromatic heterocycles. The highest BCUT2D eigenvalue weighted by Crippen LogP contribution is 2.32. The van der Waals surface area contributed by atoms with Gasteiger partial charge in [-0.15, -0.1) is 0 Å². The monoisotopic (exact) mass is 587 g/mol. The van der Waals surface area contributed by atoms with Crippen LogP contribution in [0.5, 0.6) is 5.75 Å². The van der Waals surface area contributed by atoms with E-state index in [2.05, 4.69) is 21.2 Å². The SMILES string of the molecule is CCOc1ccc2nc(N3CCN(CCNC(=O)c4ccc(S(=O)(=O)N5CC(C)OC(C)C5)cc4)CC3)sc2c1. The van der Waals surface area contributed by atoms with E-state index in [4.69, 9.17) is 14.5 Å². The van der Waals surface area contributed by atoms with Crippen LogP contribution in [0.2, 0.25) is 0 Å². The van der Waals surface area contributed by atoms with Gasteiger partial charge in [0, 0.05) is 57.9 Å². The van der Waals surface area contributed by atoms with E-state index in [9.17, 15) is 13.2 Å². The molecule has 5 rings (SSSR count). The maximum atomic E-state index is 13.1. The van der Waals surface area contributed by atoms with Crippen molar-refractivity contribution in [2.24, 2.45) is 0 Å². The molecule has 2 aromatic carbocycles. The first-order valence-corrected chi connectivity index (χ1v) is 16.0. The summed E-state index contributed by atoms with van der Waals surface area (Å²) in [6.45, 7) is 11.8. The quantitative estimate of drug-likeness (QED) is 0.408. The maximum Gasteiger partial charge on any atom is 0.251 e. The van der Waals surface area contributed by atoms with Crippen LogP contribution in [0.4, 0.5) is 5.13 Å². The second-order valence-electron chi connectivity index (χ2n) is 10.2. The van der Waals surface area contributed by atoms with Crippen LogP contribution < -0.4 is 15.0 Å². The molecule has 2 aliphatic heterocycles. The molecule has 0 bridgehead atoms. The van der Waals surface area contributed by atoms with Crippen molar-refractivity contribution in [3.8, 4) is 5.75 Å². The number of hydrogen-bond donors (Lipinski definition) is 1. The lowest BCUT2D eigenvalue weighted by Crippen LogP contribution is -2.48. The van der Waals surface area contributed by atoms with Crippen LogP contribution in [-0.2, 0) is 14.8 Å². The third-order valence-electron chi connectivity index (χ3n) is 7.16. The summed E-state index contributed by atoms with van der Waals surface area (Å²) >= 11 is 1.69. The van der Waals surface area contributed by atoms with Gasteiger partial charge in [0.1, 0.15) is 5.75 Å². The Hall–Kier alpha value is -2.77. The number of sulfonamides is 1. The normalized spacial score (nSPS) is 21.0. The summed E-state index contributed by atoms with van der Waals surface area (Å²) in [6, 6.07) is 12.2. The predicted molar refractivity (Wildman–Crippen MR) is 157 cm³/mol. The van der Waals surface area contributed by atoms with Crippen molar-refractivity contribution in [2.45, 2.75) is 37.9 Å². The molecule has 0 spiro atoms. The van der Waals surface area contributed by atoms with E-state index in [1.807, 2.05) is 32.9 Å². The Morgan fingerprint density at radius 3 is 2.45 bits per heavy atom. The van der Waals surface area contributed by atoms with Gasteiger partial charge in [0.15, 0.2) is 5.13 Å². The van der Waals surface area contributed by atoms with E-state index < -0.39 is 10.0 Å². The number of anilines is 1. The lowest BCUT2D eigenvalue weighted by atomic mass is 10.2. The lowest BCUT2D eigenvalue weighted by molar-refractivity contribution is -0.0440. The number of benzene rings is 2. The van der Waals surface area contributed by atoms with Crippen molar-refractivity contribution in [1.29, 1.82) is 0 Å². The molecule has 3 aromatic rings. The standard InChI is InChI=1S/C28H37N5O5S2/c1-4-37-23-7-10-25-26(17-23)39-28(30-25)32-15-13-31(14-16-32)12-11-29-27(34)22-5-8-24(9-6-22)40(35,36)33-18-20(2)38-21(3)19-33/h5-10,17,20-21H,4,11-16,18-19H2,1-3H3,(H,29,34). The van der Waals surface area contributed by atoms with Crippen molar-refractivity contribution in [2.75, 3.05) is 63.9 Å². The summed E-state index contributed by atoms with van der Waals surface area (Å²) in [4.78, 5) is 22.3. The number of nitrogens with one attached hydrogen (secondary N) is 1. The zero-order valence-corrected chi connectivity index (χ0v) is 24.8. The average Bonchev–Trinajstić information content (AvgIpc) is 3.37. The van der Waals surface area contributed by atoms with Gasteiger partial charge in [0.05, 0.1) is 33.9 Å². The number of amides is 1. The van der Waals surface area contributed by atoms with Crippen LogP contribution in [0.15, 0.2) is 47.4 Å². The molecule has 0 saturated carbocycles. The highest BCUT2D eigenvalue weighted by Gasteiger charge is 2.32. The van der Waals surface area contributed by atoms with Gasteiger partial charge in [0.25, 0.3) is 5.91 Å². The van der Waals surface area contributed by atoms with Gasteiger partial charge >= 0.3 is 0 Å². The summed E-state index contributed by atoms with van der Waals surface area (Å²) in [5.41, 5.74) is 1.43. The first-order valence-electron chi connectivity index (χ1n) is 13.8. The fraction of sp³-hybridized carbons (Fsp3) is 0.500. The van der Waals surface area contributed by atoms with E-state index in [0.29, 0.717) is 31.8 Å². The fourth-order valence-corrected chi connectivity index (χ4v) is 7.77. The minimum atomic E-state index is -3.64. The van der Waals surface area contributed by atoms with E-state index in [-0.39, 0.29) is 23.0 Å². The van der Waals surface area contributed by atoms with E-state index >= 15 is 0 Å². The smallest absolute Gasteiger partial charge is 0.251 e. The van der Waals surface area contributed by atoms with Crippen molar-refractivity contribution in [3.05, 3.63) is 48.0 Å². The van der Waals surface area contributed by atoms with Gasteiger partial charge in [-0.1, -0.05) is 11.3 Å². The van der Waals surface area contributed by atoms with Crippen LogP contribution in [0.1, 0.15) is 31.1 Å². The highest BCUT2D eigenvalue weighted by molar-refractivity contribution is 7.89. The first-order chi connectivity index (χ1) is 19.2. The minimum Gasteiger partial charge on any atom is -0.494 e. The molecular formula is C28H37N5O5S2. The van der Waals surface area contributed by atoms with Crippen molar-refractivity contribution in [3.63, 3.8) is 0 Å². The Balaban J connectivity index is 1.08. The van der Waals surface area contributed by atoms with E-state index in [0.717, 1.165) is 53.8 Å². The number of carbonyl (C=O) groups is 1. The van der Waals surface area contributed by atoms with Crippen LogP contribution in [0, 0.1) is 0 Å². The summed E-state index contributed by atoms with van der Waals surface area (Å²) in [7, 11) is -3.64. The number of rotatable bonds is 9. The van der Waals surface area contributed by atoms with Crippen LogP contribution in [-0.4, -0.2) is 99.7 Å². The highest BCUT2D eigenvalue weighted by atomic mass is 32.2. The van der Waals surface area contributed by atoms with Gasteiger partial charge in [-0.25, -0.2) is 13.4 Å². The Labute approximate surface area is 239 Å². The molecule has 0 aliphatic carbocycles. The molecule has 40 heavy (non-hydrogen) atoms. The van der Waals surface area contributed by atoms with Gasteiger partial charge in [0.2, 0.25) is 10.0 Å². The zero-order chi connectivity index (χ0) is 28.3. The summed E-state index contributed by atoms with van der Waals surface area (Å²) < 4.78 is 40.0. The molecule has 2 saturated heterocycles. The third-order valence-corrected chi connectivity index (χ3v) is 10.1. The Bertz CT molecular complexity index is 1410. The number of ether oxygens (including phenoxy) is 2. The number of fused-ring (bicyclic) bond motifs is 1. The molecule has 2 unspecified atom stereocenters. The Kier molecular flexibility index (Phi) is 8.91. The number of piperazine rings is 1. The third kappa shape index (κ3) is 6.58. The second kappa shape index (κ2) is 12.4. The van der Waals surface area contributed by atoms with Gasteiger partial charge in [-0.3, -0.25) is 9.69 Å². The Morgan fingerprint density at radius 1 is 1.07 bits per heavy atom. The van der Waals surface area contributed by atoms with Crippen LogP contribution in [0.25, 0.3) is 10.2 Å². The molecular weight excluding hydrogens is 550 g/mol. The molecule has 2 atom stereocenters. The second-order valence-corrected chi connectivity index (χ2v) is 13.2. The maximum absolute atomic E-state index is 13.1. The zero-order valence-electron chi connectivity index (χ0n) is 23.2. The largest absolute Gasteiger partial charge is 0.494 e. The number of nitrogens with zero attached hydrogens (tertiary/aromatic N) is 4. The lowest BCUT2D eigenvalue weighted by Gasteiger charge is -2.34. The van der Waals surface area contributed by atoms with Gasteiger partial charge in [-0.05, 0) is 63.2 Å². The number of carbonyl (C=O) groups excluding carboxylic acids is 1. The van der Waals surface area contributed by atoms with Gasteiger partial charge < -0.3 is 19.7 Å². The molecule has 12 heteroatoms. The van der Waals surface area contributed by atoms with Crippen molar-refractivity contribution >= 4 is 42.6 Å². The van der Waals surface area contributed by atoms with Crippen molar-refractivity contribution in [1.82, 2.24) is 19.5 Å². The summed E-state index contributed by atoms with van der Waals surface area (Å²) in [5.74, 6) is 0.660. The molecule has 2 fully saturated rings. The number of morpholine rings is 1. The number of thiazole rings is 1. The molecule has 216 valence electrons. The van der Waals surface area contributed by atoms with E-state index in [1.54, 1.807) is 23.5 Å². The summed E-state index contributed by atoms with van der Waals surface area (Å²) in [5, 5.41) is 3.99. The fourth-order valence-electron chi connectivity index (χ4n) is 5.13. The number of aromatic nitrogens is 1. The van der Waals surface area contributed by atoms with Crippen LogP contribution in [0.3, 0.4) is 0 Å². The Morgan fingerprint density at radius 2 is 1.77 bits per heavy atom. The molecule has 1 amide bonds. The molecule has 0 radical (unpaired) electrons. The first kappa shape index (κ1) is 28.7. The molecule has 2 aliphatic rings. The number of hydrogen-bond acceptors (Lipinski definition) is 9. The van der Waals surface area contributed by atoms with E-state index in [1.165, 1.54) is 16.4 Å². The average molecular weight is 588 g/mol. The summed E-state index contributed by atoms with van der Waals surface area (Å²) in [6.07, 6.45) is -0.318. The minimum absolute atomic E-state index is 0.159. The predicted octanol–water partition coefficient (Wildman–Crippen LogP) is 3.04. The molecule has 1 N–H and O–H groups in total. The topological polar surface area (TPSA) is 104 Å². The molecule has 3 heterocycles. The van der Waals surface area contributed by atoms with Gasteiger partial charge in [-0.2, -0.15) is 4.31 Å². The van der Waals surface area contributed by atoms with Crippen LogP contribution >= 0.6 is 11.3 Å². The molecule has 10 nitrogen and oxygen atoms in total. The van der Waals surface area contributed by atoms with Crippen molar-refractivity contribution < 1.29 is 22.7 Å².